The molecule has 1 aromatic rings. The Bertz CT molecular complexity index is 474. The Kier molecular flexibility index (Phi) is 3.87. The van der Waals surface area contributed by atoms with E-state index in [4.69, 9.17) is 9.84 Å². The maximum absolute atomic E-state index is 6.40. The van der Waals surface area contributed by atoms with E-state index in [1.807, 2.05) is 7.05 Å². The minimum absolute atomic E-state index is 0.231. The molecule has 1 saturated heterocycles. The van der Waals surface area contributed by atoms with Gasteiger partial charge in [-0.3, -0.25) is 4.68 Å². The third-order valence-corrected chi connectivity index (χ3v) is 5.11. The quantitative estimate of drug-likeness (QED) is 0.919. The van der Waals surface area contributed by atoms with Gasteiger partial charge in [-0.1, -0.05) is 12.8 Å². The van der Waals surface area contributed by atoms with E-state index >= 15 is 0 Å². The van der Waals surface area contributed by atoms with Crippen molar-refractivity contribution in [3.63, 3.8) is 0 Å². The van der Waals surface area contributed by atoms with Gasteiger partial charge in [0.2, 0.25) is 0 Å². The Morgan fingerprint density at radius 3 is 2.75 bits per heavy atom. The van der Waals surface area contributed by atoms with Crippen LogP contribution in [0.5, 0.6) is 0 Å². The Balaban J connectivity index is 1.68. The number of rotatable bonds is 4. The number of nitrogens with zero attached hydrogens (tertiary/aromatic N) is 2. The van der Waals surface area contributed by atoms with Gasteiger partial charge < -0.3 is 10.1 Å². The van der Waals surface area contributed by atoms with Gasteiger partial charge in [0.25, 0.3) is 0 Å². The minimum Gasteiger partial charge on any atom is -0.370 e. The van der Waals surface area contributed by atoms with Gasteiger partial charge in [0.05, 0.1) is 23.9 Å². The topological polar surface area (TPSA) is 39.1 Å². The van der Waals surface area contributed by atoms with Crippen LogP contribution in [0.15, 0.2) is 0 Å². The molecule has 0 amide bonds. The molecule has 2 heterocycles. The maximum Gasteiger partial charge on any atom is 0.0779 e. The summed E-state index contributed by atoms with van der Waals surface area (Å²) in [6, 6.07) is 0. The fraction of sp³-hybridized carbons (Fsp3) is 0.812. The first-order chi connectivity index (χ1) is 9.63. The molecule has 20 heavy (non-hydrogen) atoms. The summed E-state index contributed by atoms with van der Waals surface area (Å²) in [5, 5.41) is 7.93. The van der Waals surface area contributed by atoms with Gasteiger partial charge in [-0.25, -0.2) is 0 Å². The highest BCUT2D eigenvalue weighted by molar-refractivity contribution is 5.24. The fourth-order valence-corrected chi connectivity index (χ4v) is 3.95. The van der Waals surface area contributed by atoms with Crippen molar-refractivity contribution in [1.82, 2.24) is 15.1 Å². The van der Waals surface area contributed by atoms with E-state index in [2.05, 4.69) is 23.8 Å². The number of aryl methyl sites for hydroxylation is 1. The molecule has 1 saturated carbocycles. The lowest BCUT2D eigenvalue weighted by atomic mass is 9.98. The van der Waals surface area contributed by atoms with Gasteiger partial charge >= 0.3 is 0 Å². The fourth-order valence-electron chi connectivity index (χ4n) is 3.95. The molecular weight excluding hydrogens is 250 g/mol. The molecule has 1 aliphatic heterocycles. The van der Waals surface area contributed by atoms with Gasteiger partial charge in [0.15, 0.2) is 0 Å². The third kappa shape index (κ3) is 2.51. The zero-order chi connectivity index (χ0) is 14.2. The lowest BCUT2D eigenvalue weighted by molar-refractivity contribution is -0.0431. The summed E-state index contributed by atoms with van der Waals surface area (Å²) in [7, 11) is 1.99. The monoisotopic (exact) mass is 277 g/mol. The zero-order valence-corrected chi connectivity index (χ0v) is 13.0. The summed E-state index contributed by atoms with van der Waals surface area (Å²) in [5.41, 5.74) is 3.99. The molecule has 1 atom stereocenters. The zero-order valence-electron chi connectivity index (χ0n) is 13.0. The van der Waals surface area contributed by atoms with Crippen LogP contribution in [0.4, 0.5) is 0 Å². The van der Waals surface area contributed by atoms with Crippen LogP contribution in [-0.4, -0.2) is 28.5 Å². The van der Waals surface area contributed by atoms with E-state index < -0.39 is 0 Å². The highest BCUT2D eigenvalue weighted by atomic mass is 16.5. The second-order valence-corrected chi connectivity index (χ2v) is 6.53. The molecule has 1 aliphatic carbocycles. The van der Waals surface area contributed by atoms with Crippen LogP contribution in [0.2, 0.25) is 0 Å². The van der Waals surface area contributed by atoms with Crippen molar-refractivity contribution in [2.45, 2.75) is 77.2 Å². The highest BCUT2D eigenvalue weighted by Crippen LogP contribution is 2.43. The predicted octanol–water partition coefficient (Wildman–Crippen LogP) is 2.71. The SMILES string of the molecule is CNCc1c(C)nn(CC2CCC3(CCCC3)O2)c1C. The standard InChI is InChI=1S/C16H27N3O/c1-12-15(10-17-3)13(2)19(18-12)11-14-6-9-16(20-14)7-4-5-8-16/h14,17H,4-11H2,1-3H3. The van der Waals surface area contributed by atoms with E-state index in [1.165, 1.54) is 49.8 Å². The number of ether oxygens (including phenoxy) is 1. The molecule has 4 nitrogen and oxygen atoms in total. The van der Waals surface area contributed by atoms with Crippen LogP contribution in [-0.2, 0) is 17.8 Å². The second-order valence-electron chi connectivity index (χ2n) is 6.53. The van der Waals surface area contributed by atoms with E-state index in [-0.39, 0.29) is 5.60 Å². The third-order valence-electron chi connectivity index (χ3n) is 5.11. The number of aromatic nitrogens is 2. The molecule has 0 radical (unpaired) electrons. The van der Waals surface area contributed by atoms with Crippen LogP contribution >= 0.6 is 0 Å². The summed E-state index contributed by atoms with van der Waals surface area (Å²) < 4.78 is 8.55. The van der Waals surface area contributed by atoms with Crippen molar-refractivity contribution in [2.24, 2.45) is 0 Å². The van der Waals surface area contributed by atoms with Gasteiger partial charge in [0, 0.05) is 17.8 Å². The largest absolute Gasteiger partial charge is 0.370 e. The van der Waals surface area contributed by atoms with Gasteiger partial charge in [0.1, 0.15) is 0 Å². The second kappa shape index (κ2) is 5.49. The Labute approximate surface area is 121 Å². The van der Waals surface area contributed by atoms with Crippen molar-refractivity contribution in [3.05, 3.63) is 17.0 Å². The van der Waals surface area contributed by atoms with Crippen LogP contribution in [0.1, 0.15) is 55.5 Å². The molecule has 1 N–H and O–H groups in total. The molecule has 3 rings (SSSR count). The molecule has 4 heteroatoms. The summed E-state index contributed by atoms with van der Waals surface area (Å²) in [4.78, 5) is 0. The van der Waals surface area contributed by atoms with Crippen molar-refractivity contribution in [3.8, 4) is 0 Å². The van der Waals surface area contributed by atoms with E-state index in [9.17, 15) is 0 Å². The molecule has 0 bridgehead atoms. The number of hydrogen-bond acceptors (Lipinski definition) is 3. The normalized spacial score (nSPS) is 24.9. The van der Waals surface area contributed by atoms with Crippen LogP contribution in [0, 0.1) is 13.8 Å². The molecule has 112 valence electrons. The van der Waals surface area contributed by atoms with Crippen LogP contribution in [0.25, 0.3) is 0 Å². The first-order valence-corrected chi connectivity index (χ1v) is 7.99. The minimum atomic E-state index is 0.231. The van der Waals surface area contributed by atoms with Gasteiger partial charge in [-0.2, -0.15) is 5.10 Å². The van der Waals surface area contributed by atoms with E-state index in [0.717, 1.165) is 18.8 Å². The maximum atomic E-state index is 6.40. The summed E-state index contributed by atoms with van der Waals surface area (Å²) in [6.07, 6.45) is 8.03. The summed E-state index contributed by atoms with van der Waals surface area (Å²) in [6.45, 7) is 6.09. The number of nitrogens with one attached hydrogen (secondary N) is 1. The molecule has 0 aromatic carbocycles. The first kappa shape index (κ1) is 14.1. The lowest BCUT2D eigenvalue weighted by Gasteiger charge is -2.24. The summed E-state index contributed by atoms with van der Waals surface area (Å²) >= 11 is 0. The van der Waals surface area contributed by atoms with Crippen molar-refractivity contribution in [1.29, 1.82) is 0 Å². The van der Waals surface area contributed by atoms with Crippen molar-refractivity contribution in [2.75, 3.05) is 7.05 Å². The smallest absolute Gasteiger partial charge is 0.0779 e. The molecule has 2 aliphatic rings. The Hall–Kier alpha value is -0.870. The van der Waals surface area contributed by atoms with E-state index in [0.29, 0.717) is 6.10 Å². The van der Waals surface area contributed by atoms with Crippen LogP contribution in [0.3, 0.4) is 0 Å². The molecule has 1 aromatic heterocycles. The average molecular weight is 277 g/mol. The highest BCUT2D eigenvalue weighted by Gasteiger charge is 2.42. The van der Waals surface area contributed by atoms with Crippen molar-refractivity contribution >= 4 is 0 Å². The lowest BCUT2D eigenvalue weighted by Crippen LogP contribution is -2.27. The molecular formula is C16H27N3O. The molecule has 2 fully saturated rings. The summed E-state index contributed by atoms with van der Waals surface area (Å²) in [5.74, 6) is 0. The van der Waals surface area contributed by atoms with Crippen LogP contribution < -0.4 is 5.32 Å². The van der Waals surface area contributed by atoms with Gasteiger partial charge in [-0.15, -0.1) is 0 Å². The average Bonchev–Trinajstić information content (AvgIpc) is 3.10. The van der Waals surface area contributed by atoms with Crippen molar-refractivity contribution < 1.29 is 4.74 Å². The number of hydrogen-bond donors (Lipinski definition) is 1. The molecule has 1 unspecified atom stereocenters. The predicted molar refractivity (Wildman–Crippen MR) is 79.8 cm³/mol. The van der Waals surface area contributed by atoms with Gasteiger partial charge in [-0.05, 0) is 46.6 Å². The van der Waals surface area contributed by atoms with E-state index in [1.54, 1.807) is 0 Å². The Morgan fingerprint density at radius 2 is 2.05 bits per heavy atom. The Morgan fingerprint density at radius 1 is 1.30 bits per heavy atom. The first-order valence-electron chi connectivity index (χ1n) is 7.99. The molecule has 1 spiro atoms.